The first-order chi connectivity index (χ1) is 7.33. The SMILES string of the molecule is Cc1nc2cc(C3CCNC3)ccn2n1. The van der Waals surface area contributed by atoms with Crippen LogP contribution in [0.15, 0.2) is 18.3 Å². The summed E-state index contributed by atoms with van der Waals surface area (Å²) in [4.78, 5) is 4.38. The summed E-state index contributed by atoms with van der Waals surface area (Å²) in [5, 5.41) is 7.65. The molecule has 2 aromatic heterocycles. The Kier molecular flexibility index (Phi) is 1.95. The third-order valence-electron chi connectivity index (χ3n) is 3.00. The molecule has 0 saturated carbocycles. The Bertz CT molecular complexity index is 482. The molecule has 1 aliphatic heterocycles. The number of rotatable bonds is 1. The number of nitrogens with one attached hydrogen (secondary N) is 1. The molecule has 0 bridgehead atoms. The smallest absolute Gasteiger partial charge is 0.155 e. The van der Waals surface area contributed by atoms with Gasteiger partial charge in [0.1, 0.15) is 5.82 Å². The zero-order valence-electron chi connectivity index (χ0n) is 8.77. The molecule has 0 aliphatic carbocycles. The lowest BCUT2D eigenvalue weighted by Crippen LogP contribution is -2.08. The maximum atomic E-state index is 4.38. The fourth-order valence-corrected chi connectivity index (χ4v) is 2.20. The van der Waals surface area contributed by atoms with E-state index in [9.17, 15) is 0 Å². The summed E-state index contributed by atoms with van der Waals surface area (Å²) in [6, 6.07) is 4.30. The molecule has 3 heterocycles. The molecule has 0 radical (unpaired) electrons. The van der Waals surface area contributed by atoms with Crippen LogP contribution in [0.4, 0.5) is 0 Å². The predicted molar refractivity (Wildman–Crippen MR) is 58.0 cm³/mol. The van der Waals surface area contributed by atoms with Crippen molar-refractivity contribution in [1.29, 1.82) is 0 Å². The first kappa shape index (κ1) is 8.85. The van der Waals surface area contributed by atoms with Crippen molar-refractivity contribution in [3.8, 4) is 0 Å². The average Bonchev–Trinajstić information content (AvgIpc) is 2.82. The average molecular weight is 202 g/mol. The Morgan fingerprint density at radius 3 is 3.27 bits per heavy atom. The molecule has 0 aromatic carbocycles. The Hall–Kier alpha value is -1.42. The van der Waals surface area contributed by atoms with E-state index in [1.807, 2.05) is 17.6 Å². The lowest BCUT2D eigenvalue weighted by atomic mass is 10.00. The summed E-state index contributed by atoms with van der Waals surface area (Å²) in [7, 11) is 0. The Morgan fingerprint density at radius 2 is 2.47 bits per heavy atom. The molecule has 1 atom stereocenters. The van der Waals surface area contributed by atoms with E-state index in [0.717, 1.165) is 24.6 Å². The van der Waals surface area contributed by atoms with Crippen LogP contribution < -0.4 is 5.32 Å². The molecule has 4 nitrogen and oxygen atoms in total. The van der Waals surface area contributed by atoms with Crippen LogP contribution in [0.2, 0.25) is 0 Å². The minimum absolute atomic E-state index is 0.645. The first-order valence-corrected chi connectivity index (χ1v) is 5.36. The van der Waals surface area contributed by atoms with Crippen LogP contribution in [-0.2, 0) is 0 Å². The summed E-state index contributed by atoms with van der Waals surface area (Å²) in [6.45, 7) is 4.13. The summed E-state index contributed by atoms with van der Waals surface area (Å²) >= 11 is 0. The van der Waals surface area contributed by atoms with Crippen molar-refractivity contribution < 1.29 is 0 Å². The quantitative estimate of drug-likeness (QED) is 0.753. The standard InChI is InChI=1S/C11H14N4/c1-8-13-11-6-9(3-5-15(11)14-8)10-2-4-12-7-10/h3,5-6,10,12H,2,4,7H2,1H3. The van der Waals surface area contributed by atoms with Gasteiger partial charge in [-0.3, -0.25) is 0 Å². The topological polar surface area (TPSA) is 42.2 Å². The molecule has 78 valence electrons. The van der Waals surface area contributed by atoms with Crippen LogP contribution in [0.3, 0.4) is 0 Å². The molecule has 1 fully saturated rings. The van der Waals surface area contributed by atoms with Crippen LogP contribution in [0.1, 0.15) is 23.7 Å². The van der Waals surface area contributed by atoms with Crippen LogP contribution in [0, 0.1) is 6.92 Å². The van der Waals surface area contributed by atoms with Gasteiger partial charge in [-0.25, -0.2) is 9.50 Å². The summed E-state index contributed by atoms with van der Waals surface area (Å²) in [6.07, 6.45) is 3.23. The second-order valence-corrected chi connectivity index (χ2v) is 4.11. The molecular weight excluding hydrogens is 188 g/mol. The Morgan fingerprint density at radius 1 is 1.53 bits per heavy atom. The van der Waals surface area contributed by atoms with Crippen LogP contribution in [-0.4, -0.2) is 27.7 Å². The van der Waals surface area contributed by atoms with Gasteiger partial charge in [-0.05, 0) is 43.5 Å². The molecule has 0 amide bonds. The van der Waals surface area contributed by atoms with Crippen LogP contribution in [0.5, 0.6) is 0 Å². The zero-order chi connectivity index (χ0) is 10.3. The van der Waals surface area contributed by atoms with E-state index in [1.165, 1.54) is 12.0 Å². The van der Waals surface area contributed by atoms with Crippen molar-refractivity contribution in [3.63, 3.8) is 0 Å². The molecule has 1 N–H and O–H groups in total. The van der Waals surface area contributed by atoms with Crippen molar-refractivity contribution in [2.75, 3.05) is 13.1 Å². The highest BCUT2D eigenvalue weighted by Crippen LogP contribution is 2.22. The van der Waals surface area contributed by atoms with Crippen molar-refractivity contribution in [2.45, 2.75) is 19.3 Å². The van der Waals surface area contributed by atoms with E-state index in [0.29, 0.717) is 5.92 Å². The number of hydrogen-bond acceptors (Lipinski definition) is 3. The second-order valence-electron chi connectivity index (χ2n) is 4.11. The number of fused-ring (bicyclic) bond motifs is 1. The molecule has 2 aromatic rings. The number of aryl methyl sites for hydroxylation is 1. The first-order valence-electron chi connectivity index (χ1n) is 5.36. The molecule has 1 saturated heterocycles. The van der Waals surface area contributed by atoms with E-state index >= 15 is 0 Å². The van der Waals surface area contributed by atoms with Crippen molar-refractivity contribution in [3.05, 3.63) is 29.7 Å². The van der Waals surface area contributed by atoms with Gasteiger partial charge in [0, 0.05) is 12.7 Å². The highest BCUT2D eigenvalue weighted by atomic mass is 15.3. The maximum absolute atomic E-state index is 4.38. The van der Waals surface area contributed by atoms with Crippen molar-refractivity contribution in [2.24, 2.45) is 0 Å². The minimum atomic E-state index is 0.645. The van der Waals surface area contributed by atoms with Crippen LogP contribution >= 0.6 is 0 Å². The third-order valence-corrected chi connectivity index (χ3v) is 3.00. The molecule has 4 heteroatoms. The lowest BCUT2D eigenvalue weighted by molar-refractivity contribution is 0.760. The van der Waals surface area contributed by atoms with Crippen LogP contribution in [0.25, 0.3) is 5.65 Å². The number of pyridine rings is 1. The molecule has 1 unspecified atom stereocenters. The summed E-state index contributed by atoms with van der Waals surface area (Å²) in [5.41, 5.74) is 2.33. The minimum Gasteiger partial charge on any atom is -0.316 e. The van der Waals surface area contributed by atoms with E-state index in [-0.39, 0.29) is 0 Å². The Balaban J connectivity index is 2.04. The zero-order valence-corrected chi connectivity index (χ0v) is 8.77. The van der Waals surface area contributed by atoms with Gasteiger partial charge in [-0.15, -0.1) is 0 Å². The maximum Gasteiger partial charge on any atom is 0.155 e. The number of nitrogens with zero attached hydrogens (tertiary/aromatic N) is 3. The van der Waals surface area contributed by atoms with E-state index < -0.39 is 0 Å². The highest BCUT2D eigenvalue weighted by molar-refractivity contribution is 5.41. The van der Waals surface area contributed by atoms with Gasteiger partial charge in [-0.1, -0.05) is 0 Å². The van der Waals surface area contributed by atoms with Gasteiger partial charge in [-0.2, -0.15) is 5.10 Å². The summed E-state index contributed by atoms with van der Waals surface area (Å²) < 4.78 is 1.83. The number of aromatic nitrogens is 3. The normalized spacial score (nSPS) is 21.3. The van der Waals surface area contributed by atoms with Gasteiger partial charge in [0.15, 0.2) is 5.65 Å². The van der Waals surface area contributed by atoms with Gasteiger partial charge in [0.25, 0.3) is 0 Å². The molecule has 15 heavy (non-hydrogen) atoms. The van der Waals surface area contributed by atoms with Crippen molar-refractivity contribution in [1.82, 2.24) is 19.9 Å². The number of hydrogen-bond donors (Lipinski definition) is 1. The molecule has 0 spiro atoms. The fraction of sp³-hybridized carbons (Fsp3) is 0.455. The summed E-state index contributed by atoms with van der Waals surface area (Å²) in [5.74, 6) is 1.48. The molecular formula is C11H14N4. The van der Waals surface area contributed by atoms with E-state index in [1.54, 1.807) is 0 Å². The van der Waals surface area contributed by atoms with Crippen molar-refractivity contribution >= 4 is 5.65 Å². The van der Waals surface area contributed by atoms with E-state index in [2.05, 4.69) is 27.5 Å². The van der Waals surface area contributed by atoms with Gasteiger partial charge < -0.3 is 5.32 Å². The van der Waals surface area contributed by atoms with Gasteiger partial charge in [0.05, 0.1) is 0 Å². The molecule has 1 aliphatic rings. The van der Waals surface area contributed by atoms with E-state index in [4.69, 9.17) is 0 Å². The predicted octanol–water partition coefficient (Wildman–Crippen LogP) is 1.11. The fourth-order valence-electron chi connectivity index (χ4n) is 2.20. The second kappa shape index (κ2) is 3.31. The largest absolute Gasteiger partial charge is 0.316 e. The Labute approximate surface area is 88.3 Å². The third kappa shape index (κ3) is 1.51. The van der Waals surface area contributed by atoms with Gasteiger partial charge >= 0.3 is 0 Å². The highest BCUT2D eigenvalue weighted by Gasteiger charge is 2.17. The monoisotopic (exact) mass is 202 g/mol. The molecule has 3 rings (SSSR count). The lowest BCUT2D eigenvalue weighted by Gasteiger charge is -2.07. The van der Waals surface area contributed by atoms with Gasteiger partial charge in [0.2, 0.25) is 0 Å².